The minimum atomic E-state index is -0.474. The molecule has 3 amide bonds. The second-order valence-electron chi connectivity index (χ2n) is 7.52. The molecule has 0 aliphatic carbocycles. The predicted octanol–water partition coefficient (Wildman–Crippen LogP) is 3.83. The summed E-state index contributed by atoms with van der Waals surface area (Å²) in [5.41, 5.74) is 1.63. The Kier molecular flexibility index (Phi) is 6.69. The van der Waals surface area contributed by atoms with Crippen LogP contribution in [0.25, 0.3) is 0 Å². The quantitative estimate of drug-likeness (QED) is 0.691. The number of amides is 3. The highest BCUT2D eigenvalue weighted by molar-refractivity contribution is 9.10. The van der Waals surface area contributed by atoms with Crippen molar-refractivity contribution in [3.8, 4) is 0 Å². The highest BCUT2D eigenvalue weighted by atomic mass is 79.9. The molecule has 7 heteroatoms. The van der Waals surface area contributed by atoms with Crippen molar-refractivity contribution in [1.29, 1.82) is 0 Å². The van der Waals surface area contributed by atoms with Crippen LogP contribution >= 0.6 is 15.9 Å². The highest BCUT2D eigenvalue weighted by Crippen LogP contribution is 2.27. The first-order valence-corrected chi connectivity index (χ1v) is 10.4. The van der Waals surface area contributed by atoms with Crippen molar-refractivity contribution in [3.63, 3.8) is 0 Å². The average molecular weight is 458 g/mol. The number of rotatable bonds is 6. The largest absolute Gasteiger partial charge is 0.352 e. The van der Waals surface area contributed by atoms with Gasteiger partial charge in [-0.15, -0.1) is 0 Å². The van der Waals surface area contributed by atoms with E-state index in [1.54, 1.807) is 29.2 Å². The molecule has 6 nitrogen and oxygen atoms in total. The van der Waals surface area contributed by atoms with E-state index < -0.39 is 5.92 Å². The lowest BCUT2D eigenvalue weighted by Crippen LogP contribution is -2.30. The first-order chi connectivity index (χ1) is 13.8. The third kappa shape index (κ3) is 5.23. The third-order valence-corrected chi connectivity index (χ3v) is 5.26. The molecule has 1 heterocycles. The molecule has 2 aromatic carbocycles. The molecule has 0 radical (unpaired) electrons. The second kappa shape index (κ2) is 9.22. The lowest BCUT2D eigenvalue weighted by atomic mass is 10.1. The number of nitrogens with one attached hydrogen (secondary N) is 2. The van der Waals surface area contributed by atoms with Crippen LogP contribution < -0.4 is 15.5 Å². The molecular formula is C22H24BrN3O3. The van der Waals surface area contributed by atoms with Crippen LogP contribution in [0.3, 0.4) is 0 Å². The van der Waals surface area contributed by atoms with E-state index in [0.717, 1.165) is 10.2 Å². The molecule has 0 saturated carbocycles. The standard InChI is InChI=1S/C22H24BrN3O3/c1-14(2)12-24-22(29)18-5-3-4-6-19(18)25-21(28)15-11-20(27)26(13-15)17-9-7-16(23)8-10-17/h3-10,14-15H,11-13H2,1-2H3,(H,24,29)(H,25,28)/t15-/m1/s1. The Morgan fingerprint density at radius 3 is 2.52 bits per heavy atom. The lowest BCUT2D eigenvalue weighted by molar-refractivity contribution is -0.122. The van der Waals surface area contributed by atoms with Crippen molar-refractivity contribution < 1.29 is 14.4 Å². The Balaban J connectivity index is 1.69. The van der Waals surface area contributed by atoms with Crippen LogP contribution in [0.1, 0.15) is 30.6 Å². The minimum absolute atomic E-state index is 0.0876. The zero-order chi connectivity index (χ0) is 21.0. The molecule has 1 aliphatic rings. The molecule has 2 N–H and O–H groups in total. The topological polar surface area (TPSA) is 78.5 Å². The Bertz CT molecular complexity index is 912. The normalized spacial score (nSPS) is 16.2. The van der Waals surface area contributed by atoms with Gasteiger partial charge in [0, 0.05) is 29.7 Å². The van der Waals surface area contributed by atoms with Gasteiger partial charge in [-0.3, -0.25) is 14.4 Å². The summed E-state index contributed by atoms with van der Waals surface area (Å²) in [7, 11) is 0. The lowest BCUT2D eigenvalue weighted by Gasteiger charge is -2.17. The molecule has 0 aromatic heterocycles. The number of hydrogen-bond donors (Lipinski definition) is 2. The number of para-hydroxylation sites is 1. The summed E-state index contributed by atoms with van der Waals surface area (Å²) in [5, 5.41) is 5.70. The number of carbonyl (C=O) groups excluding carboxylic acids is 3. The van der Waals surface area contributed by atoms with Crippen molar-refractivity contribution in [1.82, 2.24) is 5.32 Å². The maximum absolute atomic E-state index is 12.8. The van der Waals surface area contributed by atoms with E-state index in [2.05, 4.69) is 26.6 Å². The Morgan fingerprint density at radius 1 is 1.14 bits per heavy atom. The molecule has 1 aliphatic heterocycles. The number of anilines is 2. The fourth-order valence-corrected chi connectivity index (χ4v) is 3.44. The van der Waals surface area contributed by atoms with Crippen LogP contribution in [0, 0.1) is 11.8 Å². The predicted molar refractivity (Wildman–Crippen MR) is 117 cm³/mol. The third-order valence-electron chi connectivity index (χ3n) is 4.73. The number of hydrogen-bond acceptors (Lipinski definition) is 3. The summed E-state index contributed by atoms with van der Waals surface area (Å²) in [6.07, 6.45) is 0.142. The maximum atomic E-state index is 12.8. The number of carbonyl (C=O) groups is 3. The second-order valence-corrected chi connectivity index (χ2v) is 8.44. The zero-order valence-corrected chi connectivity index (χ0v) is 18.0. The van der Waals surface area contributed by atoms with Crippen molar-refractivity contribution in [2.24, 2.45) is 11.8 Å². The van der Waals surface area contributed by atoms with Crippen molar-refractivity contribution in [2.75, 3.05) is 23.3 Å². The first kappa shape index (κ1) is 21.0. The zero-order valence-electron chi connectivity index (χ0n) is 16.4. The minimum Gasteiger partial charge on any atom is -0.352 e. The summed E-state index contributed by atoms with van der Waals surface area (Å²) in [6, 6.07) is 14.3. The summed E-state index contributed by atoms with van der Waals surface area (Å²) in [4.78, 5) is 39.3. The smallest absolute Gasteiger partial charge is 0.253 e. The summed E-state index contributed by atoms with van der Waals surface area (Å²) >= 11 is 3.38. The van der Waals surface area contributed by atoms with Crippen molar-refractivity contribution in [2.45, 2.75) is 20.3 Å². The monoisotopic (exact) mass is 457 g/mol. The van der Waals surface area contributed by atoms with Gasteiger partial charge in [0.1, 0.15) is 0 Å². The molecule has 152 valence electrons. The van der Waals surface area contributed by atoms with Crippen molar-refractivity contribution >= 4 is 45.0 Å². The summed E-state index contributed by atoms with van der Waals surface area (Å²) in [5.74, 6) is -0.723. The van der Waals surface area contributed by atoms with Crippen LogP contribution in [0.5, 0.6) is 0 Å². The first-order valence-electron chi connectivity index (χ1n) is 9.59. The van der Waals surface area contributed by atoms with E-state index in [1.165, 1.54) is 0 Å². The maximum Gasteiger partial charge on any atom is 0.253 e. The van der Waals surface area contributed by atoms with Gasteiger partial charge in [0.25, 0.3) is 5.91 Å². The molecule has 2 aromatic rings. The van der Waals surface area contributed by atoms with Crippen LogP contribution in [-0.4, -0.2) is 30.8 Å². The van der Waals surface area contributed by atoms with E-state index in [4.69, 9.17) is 0 Å². The molecule has 0 unspecified atom stereocenters. The molecule has 0 bridgehead atoms. The van der Waals surface area contributed by atoms with E-state index in [9.17, 15) is 14.4 Å². The number of benzene rings is 2. The van der Waals surface area contributed by atoms with Crippen molar-refractivity contribution in [3.05, 3.63) is 58.6 Å². The van der Waals surface area contributed by atoms with Crippen LogP contribution in [0.2, 0.25) is 0 Å². The Labute approximate surface area is 178 Å². The van der Waals surface area contributed by atoms with Gasteiger partial charge < -0.3 is 15.5 Å². The molecule has 1 atom stereocenters. The average Bonchev–Trinajstić information content (AvgIpc) is 3.09. The van der Waals surface area contributed by atoms with E-state index >= 15 is 0 Å². The molecule has 29 heavy (non-hydrogen) atoms. The van der Waals surface area contributed by atoms with E-state index in [1.807, 2.05) is 38.1 Å². The van der Waals surface area contributed by atoms with E-state index in [-0.39, 0.29) is 24.1 Å². The van der Waals surface area contributed by atoms with Gasteiger partial charge in [-0.25, -0.2) is 0 Å². The highest BCUT2D eigenvalue weighted by Gasteiger charge is 2.35. The number of nitrogens with zero attached hydrogens (tertiary/aromatic N) is 1. The van der Waals surface area contributed by atoms with Gasteiger partial charge in [0.15, 0.2) is 0 Å². The molecule has 3 rings (SSSR count). The molecule has 1 fully saturated rings. The van der Waals surface area contributed by atoms with Gasteiger partial charge in [-0.05, 0) is 42.3 Å². The van der Waals surface area contributed by atoms with Crippen LogP contribution in [0.4, 0.5) is 11.4 Å². The molecular weight excluding hydrogens is 434 g/mol. The number of halogens is 1. The van der Waals surface area contributed by atoms with E-state index in [0.29, 0.717) is 30.3 Å². The van der Waals surface area contributed by atoms with Crippen LogP contribution in [0.15, 0.2) is 53.0 Å². The fraction of sp³-hybridized carbons (Fsp3) is 0.318. The van der Waals surface area contributed by atoms with Gasteiger partial charge in [-0.2, -0.15) is 0 Å². The van der Waals surface area contributed by atoms with Gasteiger partial charge in [0.05, 0.1) is 17.2 Å². The Morgan fingerprint density at radius 2 is 1.83 bits per heavy atom. The summed E-state index contributed by atoms with van der Waals surface area (Å²) < 4.78 is 0.925. The van der Waals surface area contributed by atoms with Gasteiger partial charge in [-0.1, -0.05) is 41.9 Å². The van der Waals surface area contributed by atoms with Gasteiger partial charge >= 0.3 is 0 Å². The Hall–Kier alpha value is -2.67. The summed E-state index contributed by atoms with van der Waals surface area (Å²) in [6.45, 7) is 4.90. The fourth-order valence-electron chi connectivity index (χ4n) is 3.17. The molecule has 1 saturated heterocycles. The van der Waals surface area contributed by atoms with Crippen LogP contribution in [-0.2, 0) is 9.59 Å². The SMILES string of the molecule is CC(C)CNC(=O)c1ccccc1NC(=O)[C@@H]1CC(=O)N(c2ccc(Br)cc2)C1. The molecule has 0 spiro atoms. The van der Waals surface area contributed by atoms with Gasteiger partial charge in [0.2, 0.25) is 11.8 Å².